The summed E-state index contributed by atoms with van der Waals surface area (Å²) < 4.78 is 17.7. The van der Waals surface area contributed by atoms with Gasteiger partial charge in [-0.1, -0.05) is 49.2 Å². The summed E-state index contributed by atoms with van der Waals surface area (Å²) in [5.41, 5.74) is 2.39. The molecule has 0 heterocycles. The normalized spacial score (nSPS) is 10.6. The molecule has 0 unspecified atom stereocenters. The number of aryl methyl sites for hydroxylation is 2. The Morgan fingerprint density at radius 1 is 0.792 bits per heavy atom. The fraction of sp³-hybridized carbons (Fsp3) is 0.368. The molecule has 24 heavy (non-hydrogen) atoms. The van der Waals surface area contributed by atoms with Gasteiger partial charge in [-0.3, -0.25) is 4.52 Å². The van der Waals surface area contributed by atoms with Crippen molar-refractivity contribution >= 4 is 21.0 Å². The zero-order chi connectivity index (χ0) is 16.7. The summed E-state index contributed by atoms with van der Waals surface area (Å²) >= 11 is 0. The molecule has 2 aromatic carbocycles. The number of hydrogen-bond donors (Lipinski definition) is 0. The largest absolute Gasteiger partial charge is 0.463 e. The van der Waals surface area contributed by atoms with Gasteiger partial charge >= 0.3 is 8.60 Å². The Bertz CT molecular complexity index is 537. The topological polar surface area (TPSA) is 27.7 Å². The van der Waals surface area contributed by atoms with E-state index in [2.05, 4.69) is 27.7 Å². The van der Waals surface area contributed by atoms with Crippen LogP contribution in [0.5, 0.6) is 11.5 Å². The zero-order valence-corrected chi connectivity index (χ0v) is 16.4. The van der Waals surface area contributed by atoms with Gasteiger partial charge in [0.15, 0.2) is 0 Å². The molecule has 2 aromatic rings. The van der Waals surface area contributed by atoms with Gasteiger partial charge < -0.3 is 9.05 Å². The molecule has 2 rings (SSSR count). The quantitative estimate of drug-likeness (QED) is 0.499. The first-order chi connectivity index (χ1) is 11.0. The SMILES string of the molecule is Cc1ccc(OP(OCCC(C)C)Oc2ccc(C)cc2)cc1.Cl. The first-order valence-corrected chi connectivity index (χ1v) is 9.05. The van der Waals surface area contributed by atoms with Gasteiger partial charge in [-0.2, -0.15) is 0 Å². The van der Waals surface area contributed by atoms with Crippen LogP contribution in [0.15, 0.2) is 48.5 Å². The molecular weight excluding hydrogens is 343 g/mol. The third-order valence-corrected chi connectivity index (χ3v) is 4.41. The summed E-state index contributed by atoms with van der Waals surface area (Å²) in [5.74, 6) is 2.11. The van der Waals surface area contributed by atoms with Crippen molar-refractivity contribution < 1.29 is 13.6 Å². The minimum Gasteiger partial charge on any atom is -0.418 e. The number of benzene rings is 2. The molecule has 0 spiro atoms. The highest BCUT2D eigenvalue weighted by Gasteiger charge is 2.17. The van der Waals surface area contributed by atoms with Crippen molar-refractivity contribution in [3.63, 3.8) is 0 Å². The second kappa shape index (κ2) is 10.6. The molecule has 0 fully saturated rings. The summed E-state index contributed by atoms with van der Waals surface area (Å²) in [6, 6.07) is 15.8. The minimum atomic E-state index is -1.46. The smallest absolute Gasteiger partial charge is 0.418 e. The Morgan fingerprint density at radius 2 is 1.21 bits per heavy atom. The third-order valence-electron chi connectivity index (χ3n) is 3.29. The van der Waals surface area contributed by atoms with Gasteiger partial charge in [0.05, 0.1) is 6.61 Å². The summed E-state index contributed by atoms with van der Waals surface area (Å²) in [7, 11) is -1.46. The maximum absolute atomic E-state index is 5.91. The standard InChI is InChI=1S/C19H25O3P.ClH/c1-15(2)13-14-20-23(21-18-9-5-16(3)6-10-18)22-19-11-7-17(4)8-12-19;/h5-12,15H,13-14H2,1-4H3;1H. The molecule has 3 nitrogen and oxygen atoms in total. The van der Waals surface area contributed by atoms with Gasteiger partial charge in [0.25, 0.3) is 0 Å². The van der Waals surface area contributed by atoms with E-state index in [1.807, 2.05) is 48.5 Å². The number of rotatable bonds is 8. The van der Waals surface area contributed by atoms with E-state index in [-0.39, 0.29) is 12.4 Å². The van der Waals surface area contributed by atoms with E-state index in [9.17, 15) is 0 Å². The Kier molecular flexibility index (Phi) is 9.13. The fourth-order valence-electron chi connectivity index (χ4n) is 1.80. The van der Waals surface area contributed by atoms with Gasteiger partial charge in [0.2, 0.25) is 0 Å². The lowest BCUT2D eigenvalue weighted by Crippen LogP contribution is -2.03. The van der Waals surface area contributed by atoms with Gasteiger partial charge in [-0.05, 0) is 50.5 Å². The van der Waals surface area contributed by atoms with E-state index in [1.54, 1.807) is 0 Å². The highest BCUT2D eigenvalue weighted by atomic mass is 35.5. The first kappa shape index (κ1) is 20.8. The molecule has 0 saturated heterocycles. The van der Waals surface area contributed by atoms with E-state index in [1.165, 1.54) is 11.1 Å². The Hall–Kier alpha value is -1.28. The van der Waals surface area contributed by atoms with Crippen LogP contribution in [-0.2, 0) is 4.52 Å². The molecular formula is C19H26ClO3P. The second-order valence-corrected chi connectivity index (χ2v) is 7.12. The fourth-order valence-corrected chi connectivity index (χ4v) is 2.79. The zero-order valence-electron chi connectivity index (χ0n) is 14.7. The van der Waals surface area contributed by atoms with E-state index in [0.717, 1.165) is 17.9 Å². The van der Waals surface area contributed by atoms with Gasteiger partial charge in [-0.15, -0.1) is 12.4 Å². The molecule has 0 saturated carbocycles. The van der Waals surface area contributed by atoms with Gasteiger partial charge in [0.1, 0.15) is 11.5 Å². The Labute approximate surface area is 152 Å². The molecule has 0 aliphatic carbocycles. The highest BCUT2D eigenvalue weighted by Crippen LogP contribution is 2.41. The van der Waals surface area contributed by atoms with Crippen molar-refractivity contribution in [3.8, 4) is 11.5 Å². The minimum absolute atomic E-state index is 0. The predicted molar refractivity (Wildman–Crippen MR) is 103 cm³/mol. The Balaban J connectivity index is 0.00000288. The average Bonchev–Trinajstić information content (AvgIpc) is 2.51. The van der Waals surface area contributed by atoms with Crippen molar-refractivity contribution in [2.45, 2.75) is 34.1 Å². The molecule has 0 aromatic heterocycles. The first-order valence-electron chi connectivity index (χ1n) is 7.95. The van der Waals surface area contributed by atoms with Crippen LogP contribution in [0.1, 0.15) is 31.4 Å². The molecule has 0 radical (unpaired) electrons. The lowest BCUT2D eigenvalue weighted by atomic mass is 10.2. The molecule has 0 N–H and O–H groups in total. The van der Waals surface area contributed by atoms with Crippen LogP contribution in [0, 0.1) is 19.8 Å². The third kappa shape index (κ3) is 7.53. The van der Waals surface area contributed by atoms with Gasteiger partial charge in [0, 0.05) is 0 Å². The monoisotopic (exact) mass is 368 g/mol. The van der Waals surface area contributed by atoms with Crippen LogP contribution in [0.3, 0.4) is 0 Å². The molecule has 0 aliphatic heterocycles. The summed E-state index contributed by atoms with van der Waals surface area (Å²) in [6.45, 7) is 9.07. The van der Waals surface area contributed by atoms with Crippen molar-refractivity contribution in [2.75, 3.05) is 6.61 Å². The highest BCUT2D eigenvalue weighted by molar-refractivity contribution is 7.42. The van der Waals surface area contributed by atoms with Crippen LogP contribution < -0.4 is 9.05 Å². The predicted octanol–water partition coefficient (Wildman–Crippen LogP) is 6.47. The maximum Gasteiger partial charge on any atom is 0.463 e. The lowest BCUT2D eigenvalue weighted by molar-refractivity contribution is 0.249. The lowest BCUT2D eigenvalue weighted by Gasteiger charge is -2.18. The van der Waals surface area contributed by atoms with E-state index in [0.29, 0.717) is 12.5 Å². The van der Waals surface area contributed by atoms with Crippen LogP contribution in [0.25, 0.3) is 0 Å². The molecule has 0 bridgehead atoms. The molecule has 0 atom stereocenters. The second-order valence-electron chi connectivity index (χ2n) is 6.05. The van der Waals surface area contributed by atoms with Crippen molar-refractivity contribution in [1.82, 2.24) is 0 Å². The van der Waals surface area contributed by atoms with Gasteiger partial charge in [-0.25, -0.2) is 0 Å². The molecule has 132 valence electrons. The Morgan fingerprint density at radius 3 is 1.58 bits per heavy atom. The average molecular weight is 369 g/mol. The van der Waals surface area contributed by atoms with Crippen LogP contribution in [0.2, 0.25) is 0 Å². The van der Waals surface area contributed by atoms with E-state index < -0.39 is 8.60 Å². The number of hydrogen-bond acceptors (Lipinski definition) is 3. The molecule has 5 heteroatoms. The van der Waals surface area contributed by atoms with Crippen LogP contribution in [-0.4, -0.2) is 6.61 Å². The van der Waals surface area contributed by atoms with Crippen LogP contribution >= 0.6 is 21.0 Å². The van der Waals surface area contributed by atoms with Crippen molar-refractivity contribution in [3.05, 3.63) is 59.7 Å². The molecule has 0 aliphatic rings. The van der Waals surface area contributed by atoms with Crippen molar-refractivity contribution in [2.24, 2.45) is 5.92 Å². The van der Waals surface area contributed by atoms with E-state index in [4.69, 9.17) is 13.6 Å². The van der Waals surface area contributed by atoms with E-state index >= 15 is 0 Å². The van der Waals surface area contributed by atoms with Crippen LogP contribution in [0.4, 0.5) is 0 Å². The number of halogens is 1. The maximum atomic E-state index is 5.91. The van der Waals surface area contributed by atoms with Crippen molar-refractivity contribution in [1.29, 1.82) is 0 Å². The summed E-state index contributed by atoms with van der Waals surface area (Å²) in [6.07, 6.45) is 0.980. The summed E-state index contributed by atoms with van der Waals surface area (Å²) in [4.78, 5) is 0. The summed E-state index contributed by atoms with van der Waals surface area (Å²) in [5, 5.41) is 0. The molecule has 0 amide bonds.